The number of halogens is 3. The molecule has 0 spiro atoms. The van der Waals surface area contributed by atoms with E-state index in [0.717, 1.165) is 0 Å². The number of hydrogen-bond donors (Lipinski definition) is 0. The molecule has 0 atom stereocenters. The molecular weight excluding hydrogens is 277 g/mol. The highest BCUT2D eigenvalue weighted by Crippen LogP contribution is 2.17. The van der Waals surface area contributed by atoms with E-state index in [1.165, 1.54) is 4.90 Å². The molecule has 0 saturated carbocycles. The van der Waals surface area contributed by atoms with Crippen molar-refractivity contribution in [2.24, 2.45) is 0 Å². The number of carbonyl (C=O) groups is 1. The van der Waals surface area contributed by atoms with Crippen LogP contribution in [0.25, 0.3) is 0 Å². The predicted molar refractivity (Wildman–Crippen MR) is 66.4 cm³/mol. The van der Waals surface area contributed by atoms with Gasteiger partial charge in [0, 0.05) is 32.7 Å². The van der Waals surface area contributed by atoms with E-state index in [-0.39, 0.29) is 6.61 Å². The first kappa shape index (κ1) is 17.2. The van der Waals surface area contributed by atoms with Gasteiger partial charge in [0.25, 0.3) is 0 Å². The number of hydrogen-bond acceptors (Lipinski definition) is 5. The van der Waals surface area contributed by atoms with E-state index >= 15 is 0 Å². The Balaban J connectivity index is 2.06. The quantitative estimate of drug-likeness (QED) is 0.512. The minimum absolute atomic E-state index is 0.0815. The van der Waals surface area contributed by atoms with Gasteiger partial charge < -0.3 is 9.47 Å². The van der Waals surface area contributed by atoms with Gasteiger partial charge in [0.15, 0.2) is 0 Å². The first-order valence-electron chi connectivity index (χ1n) is 6.65. The first-order valence-corrected chi connectivity index (χ1v) is 6.65. The lowest BCUT2D eigenvalue weighted by atomic mass is 10.3. The Kier molecular flexibility index (Phi) is 7.25. The van der Waals surface area contributed by atoms with Crippen LogP contribution in [0.15, 0.2) is 0 Å². The largest absolute Gasteiger partial charge is 0.464 e. The molecule has 0 aromatic rings. The van der Waals surface area contributed by atoms with Crippen LogP contribution in [0.1, 0.15) is 6.92 Å². The number of nitrogens with zero attached hydrogens (tertiary/aromatic N) is 2. The zero-order chi connectivity index (χ0) is 15.0. The average molecular weight is 298 g/mol. The zero-order valence-electron chi connectivity index (χ0n) is 11.6. The molecule has 1 aliphatic heterocycles. The van der Waals surface area contributed by atoms with E-state index in [0.29, 0.717) is 45.9 Å². The summed E-state index contributed by atoms with van der Waals surface area (Å²) >= 11 is 0. The van der Waals surface area contributed by atoms with Crippen molar-refractivity contribution in [2.45, 2.75) is 13.1 Å². The van der Waals surface area contributed by atoms with Crippen LogP contribution in [0.5, 0.6) is 0 Å². The summed E-state index contributed by atoms with van der Waals surface area (Å²) in [5, 5.41) is 0. The second-order valence-electron chi connectivity index (χ2n) is 4.59. The second-order valence-corrected chi connectivity index (χ2v) is 4.59. The molecule has 20 heavy (non-hydrogen) atoms. The maximum Gasteiger partial charge on any atom is 0.401 e. The van der Waals surface area contributed by atoms with Gasteiger partial charge in [-0.15, -0.1) is 0 Å². The van der Waals surface area contributed by atoms with Crippen LogP contribution in [0.2, 0.25) is 0 Å². The van der Waals surface area contributed by atoms with Gasteiger partial charge in [-0.1, -0.05) is 0 Å². The van der Waals surface area contributed by atoms with E-state index in [4.69, 9.17) is 9.47 Å². The van der Waals surface area contributed by atoms with Gasteiger partial charge in [-0.2, -0.15) is 13.2 Å². The lowest BCUT2D eigenvalue weighted by Gasteiger charge is -2.34. The lowest BCUT2D eigenvalue weighted by molar-refractivity contribution is -0.149. The van der Waals surface area contributed by atoms with Crippen molar-refractivity contribution in [3.05, 3.63) is 0 Å². The van der Waals surface area contributed by atoms with Crippen molar-refractivity contribution in [3.63, 3.8) is 0 Å². The third kappa shape index (κ3) is 7.66. The summed E-state index contributed by atoms with van der Waals surface area (Å²) in [6.45, 7) is 4.06. The number of esters is 1. The van der Waals surface area contributed by atoms with Crippen molar-refractivity contribution < 1.29 is 27.4 Å². The van der Waals surface area contributed by atoms with Gasteiger partial charge in [0.1, 0.15) is 6.61 Å². The summed E-state index contributed by atoms with van der Waals surface area (Å²) in [6, 6.07) is 0. The molecule has 0 radical (unpaired) electrons. The van der Waals surface area contributed by atoms with E-state index < -0.39 is 18.7 Å². The number of piperazine rings is 1. The summed E-state index contributed by atoms with van der Waals surface area (Å²) in [7, 11) is 0. The summed E-state index contributed by atoms with van der Waals surface area (Å²) < 4.78 is 46.5. The molecule has 0 aromatic carbocycles. The van der Waals surface area contributed by atoms with Crippen molar-refractivity contribution in [1.29, 1.82) is 0 Å². The van der Waals surface area contributed by atoms with Crippen LogP contribution in [0, 0.1) is 0 Å². The highest BCUT2D eigenvalue weighted by atomic mass is 19.4. The van der Waals surface area contributed by atoms with Crippen molar-refractivity contribution >= 4 is 5.97 Å². The molecule has 118 valence electrons. The van der Waals surface area contributed by atoms with Gasteiger partial charge in [-0.25, -0.2) is 4.79 Å². The van der Waals surface area contributed by atoms with Gasteiger partial charge in [0.05, 0.1) is 19.8 Å². The van der Waals surface area contributed by atoms with Gasteiger partial charge in [-0.3, -0.25) is 9.80 Å². The first-order chi connectivity index (χ1) is 9.40. The monoisotopic (exact) mass is 298 g/mol. The summed E-state index contributed by atoms with van der Waals surface area (Å²) in [4.78, 5) is 14.4. The molecule has 0 bridgehead atoms. The van der Waals surface area contributed by atoms with Gasteiger partial charge in [-0.05, 0) is 6.92 Å². The van der Waals surface area contributed by atoms with Crippen LogP contribution in [-0.4, -0.2) is 81.0 Å². The third-order valence-corrected chi connectivity index (χ3v) is 2.94. The summed E-state index contributed by atoms with van der Waals surface area (Å²) in [5.74, 6) is -0.400. The molecular formula is C12H21F3N2O3. The maximum atomic E-state index is 12.2. The van der Waals surface area contributed by atoms with Crippen LogP contribution < -0.4 is 0 Å². The van der Waals surface area contributed by atoms with Crippen LogP contribution in [-0.2, 0) is 14.3 Å². The van der Waals surface area contributed by atoms with Crippen molar-refractivity contribution in [1.82, 2.24) is 9.80 Å². The third-order valence-electron chi connectivity index (χ3n) is 2.94. The van der Waals surface area contributed by atoms with E-state index in [1.807, 2.05) is 4.90 Å². The Morgan fingerprint density at radius 3 is 2.30 bits per heavy atom. The Morgan fingerprint density at radius 2 is 1.75 bits per heavy atom. The average Bonchev–Trinajstić information content (AvgIpc) is 2.35. The molecule has 0 amide bonds. The second kappa shape index (κ2) is 8.43. The summed E-state index contributed by atoms with van der Waals surface area (Å²) in [5.41, 5.74) is 0. The molecule has 5 nitrogen and oxygen atoms in total. The summed E-state index contributed by atoms with van der Waals surface area (Å²) in [6.07, 6.45) is -4.13. The van der Waals surface area contributed by atoms with E-state index in [9.17, 15) is 18.0 Å². The molecule has 8 heteroatoms. The maximum absolute atomic E-state index is 12.2. The molecule has 0 aromatic heterocycles. The molecule has 1 rings (SSSR count). The Morgan fingerprint density at radius 1 is 1.15 bits per heavy atom. The Bertz CT molecular complexity index is 292. The van der Waals surface area contributed by atoms with Crippen molar-refractivity contribution in [3.8, 4) is 0 Å². The lowest BCUT2D eigenvalue weighted by Crippen LogP contribution is -2.49. The molecule has 0 unspecified atom stereocenters. The molecule has 1 aliphatic rings. The SMILES string of the molecule is CCOC(=O)COCCN1CCN(CC(F)(F)F)CC1. The molecule has 0 aliphatic carbocycles. The molecule has 1 fully saturated rings. The predicted octanol–water partition coefficient (Wildman–Crippen LogP) is 0.746. The topological polar surface area (TPSA) is 42.0 Å². The highest BCUT2D eigenvalue weighted by Gasteiger charge is 2.31. The zero-order valence-corrected chi connectivity index (χ0v) is 11.6. The van der Waals surface area contributed by atoms with Crippen molar-refractivity contribution in [2.75, 3.05) is 59.1 Å². The normalized spacial score (nSPS) is 18.2. The van der Waals surface area contributed by atoms with E-state index in [2.05, 4.69) is 0 Å². The minimum atomic E-state index is -4.13. The smallest absolute Gasteiger partial charge is 0.401 e. The fraction of sp³-hybridized carbons (Fsp3) is 0.917. The van der Waals surface area contributed by atoms with E-state index in [1.54, 1.807) is 6.92 Å². The number of rotatable bonds is 7. The van der Waals surface area contributed by atoms with Gasteiger partial charge in [0.2, 0.25) is 0 Å². The number of carbonyl (C=O) groups excluding carboxylic acids is 1. The molecule has 0 N–H and O–H groups in total. The Hall–Kier alpha value is -0.860. The van der Waals surface area contributed by atoms with Crippen LogP contribution >= 0.6 is 0 Å². The van der Waals surface area contributed by atoms with Crippen LogP contribution in [0.3, 0.4) is 0 Å². The van der Waals surface area contributed by atoms with Crippen LogP contribution in [0.4, 0.5) is 13.2 Å². The minimum Gasteiger partial charge on any atom is -0.464 e. The molecule has 1 heterocycles. The standard InChI is InChI=1S/C12H21F3N2O3/c1-2-20-11(18)9-19-8-7-16-3-5-17(6-4-16)10-12(13,14)15/h2-10H2,1H3. The number of alkyl halides is 3. The highest BCUT2D eigenvalue weighted by molar-refractivity contribution is 5.70. The fourth-order valence-corrected chi connectivity index (χ4v) is 1.98. The van der Waals surface area contributed by atoms with Gasteiger partial charge >= 0.3 is 12.1 Å². The Labute approximate surface area is 116 Å². The molecule has 1 saturated heterocycles. The number of ether oxygens (including phenoxy) is 2. The fourth-order valence-electron chi connectivity index (χ4n) is 1.98.